The molecular formula is C41H50Cl2Zr. The summed E-state index contributed by atoms with van der Waals surface area (Å²) in [7, 11) is 0. The van der Waals surface area contributed by atoms with Gasteiger partial charge in [0.1, 0.15) is 0 Å². The maximum Gasteiger partial charge on any atom is -1.00 e. The number of allylic oxidation sites excluding steroid dienone is 8. The third kappa shape index (κ3) is 4.97. The summed E-state index contributed by atoms with van der Waals surface area (Å²) in [5.41, 5.74) is 17.5. The summed E-state index contributed by atoms with van der Waals surface area (Å²) in [6, 6.07) is 10.3. The second-order valence-electron chi connectivity index (χ2n) is 16.0. The molecule has 5 aliphatic carbocycles. The maximum atomic E-state index is 2.74. The van der Waals surface area contributed by atoms with Crippen molar-refractivity contribution in [3.05, 3.63) is 88.0 Å². The second kappa shape index (κ2) is 11.5. The largest absolute Gasteiger partial charge is 1.00 e. The van der Waals surface area contributed by atoms with Gasteiger partial charge < -0.3 is 24.8 Å². The SMILES string of the molecule is CC1=CC(C)(C)c2cc3c(cc21)-c1cc2c(cc1C3)C(C)(C)[C]([Zr+2]([C]1=CC(C3(C)CCCCC3)=CC1C)=[C](C)C)=C2C.[Cl-].[Cl-]. The van der Waals surface area contributed by atoms with Gasteiger partial charge >= 0.3 is 265 Å². The molecule has 0 aliphatic heterocycles. The van der Waals surface area contributed by atoms with Crippen LogP contribution < -0.4 is 24.8 Å². The summed E-state index contributed by atoms with van der Waals surface area (Å²) in [6.07, 6.45) is 15.9. The van der Waals surface area contributed by atoms with Gasteiger partial charge in [-0.2, -0.15) is 0 Å². The molecule has 0 bridgehead atoms. The number of hydrogen-bond donors (Lipinski definition) is 0. The van der Waals surface area contributed by atoms with Crippen LogP contribution in [0.1, 0.15) is 135 Å². The van der Waals surface area contributed by atoms with Gasteiger partial charge in [0.15, 0.2) is 0 Å². The predicted octanol–water partition coefficient (Wildman–Crippen LogP) is 5.24. The minimum absolute atomic E-state index is 0. The van der Waals surface area contributed by atoms with Crippen LogP contribution in [0.2, 0.25) is 0 Å². The molecule has 1 unspecified atom stereocenters. The third-order valence-corrected chi connectivity index (χ3v) is 20.9. The summed E-state index contributed by atoms with van der Waals surface area (Å²) < 4.78 is 5.39. The van der Waals surface area contributed by atoms with Gasteiger partial charge in [0.25, 0.3) is 0 Å². The Morgan fingerprint density at radius 1 is 0.773 bits per heavy atom. The van der Waals surface area contributed by atoms with Crippen molar-refractivity contribution in [2.75, 3.05) is 0 Å². The zero-order chi connectivity index (χ0) is 29.9. The molecule has 2 aromatic carbocycles. The summed E-state index contributed by atoms with van der Waals surface area (Å²) in [6.45, 7) is 24.6. The molecule has 0 radical (unpaired) electrons. The monoisotopic (exact) mass is 702 g/mol. The van der Waals surface area contributed by atoms with E-state index in [-0.39, 0.29) is 35.6 Å². The molecule has 2 aromatic rings. The van der Waals surface area contributed by atoms with E-state index in [9.17, 15) is 0 Å². The molecule has 7 rings (SSSR count). The first-order chi connectivity index (χ1) is 19.7. The van der Waals surface area contributed by atoms with E-state index >= 15 is 0 Å². The van der Waals surface area contributed by atoms with Gasteiger partial charge in [0.2, 0.25) is 0 Å². The van der Waals surface area contributed by atoms with Gasteiger partial charge in [0, 0.05) is 0 Å². The van der Waals surface area contributed by atoms with Crippen LogP contribution in [0.3, 0.4) is 0 Å². The van der Waals surface area contributed by atoms with Crippen molar-refractivity contribution in [2.45, 2.75) is 119 Å². The minimum atomic E-state index is -2.27. The van der Waals surface area contributed by atoms with Gasteiger partial charge in [-0.25, -0.2) is 0 Å². The fraction of sp³-hybridized carbons (Fsp3) is 0.488. The molecule has 44 heavy (non-hydrogen) atoms. The van der Waals surface area contributed by atoms with E-state index in [1.165, 1.54) is 71.1 Å². The van der Waals surface area contributed by atoms with Crippen molar-refractivity contribution < 1.29 is 46.1 Å². The van der Waals surface area contributed by atoms with Crippen molar-refractivity contribution in [1.82, 2.24) is 0 Å². The van der Waals surface area contributed by atoms with Gasteiger partial charge in [-0.05, 0) is 0 Å². The van der Waals surface area contributed by atoms with Crippen molar-refractivity contribution in [3.63, 3.8) is 0 Å². The summed E-state index contributed by atoms with van der Waals surface area (Å²) in [5, 5.41) is 0. The number of benzene rings is 2. The Hall–Kier alpha value is -1.27. The third-order valence-electron chi connectivity index (χ3n) is 11.9. The predicted molar refractivity (Wildman–Crippen MR) is 180 cm³/mol. The quantitative estimate of drug-likeness (QED) is 0.350. The first-order valence-corrected chi connectivity index (χ1v) is 20.3. The first-order valence-electron chi connectivity index (χ1n) is 16.6. The number of fused-ring (bicyclic) bond motifs is 5. The molecule has 0 spiro atoms. The van der Waals surface area contributed by atoms with E-state index in [2.05, 4.69) is 112 Å². The Kier molecular flexibility index (Phi) is 8.88. The molecular weight excluding hydrogens is 655 g/mol. The second-order valence-corrected chi connectivity index (χ2v) is 22.9. The number of halogens is 2. The zero-order valence-electron chi connectivity index (χ0n) is 28.6. The van der Waals surface area contributed by atoms with Crippen LogP contribution in [0.25, 0.3) is 22.3 Å². The van der Waals surface area contributed by atoms with E-state index in [1.54, 1.807) is 25.5 Å². The maximum absolute atomic E-state index is 2.74. The number of rotatable bonds is 3. The van der Waals surface area contributed by atoms with Gasteiger partial charge in [-0.15, -0.1) is 0 Å². The standard InChI is InChI=1S/C25H25.C13H19.C3H6.2ClH.Zr/c1-14-12-24(3,4)22-8-16-7-17-9-23-19(15(2)13-25(23,5)6)11-21(17)20(16)10-18(14)22;1-11-6-7-12(10-11)13(2)8-4-3-5-9-13;1-3-2;;;/h8-12H,7H2,1-6H3;7,10-11H,3-5,8-9H2,1-2H3;1-2H3;2*1H;/q;;;;;+2/p-2. The van der Waals surface area contributed by atoms with Crippen LogP contribution in [-0.4, -0.2) is 3.21 Å². The molecule has 1 fully saturated rings. The fourth-order valence-electron chi connectivity index (χ4n) is 9.59. The molecule has 0 N–H and O–H groups in total. The van der Waals surface area contributed by atoms with E-state index in [4.69, 9.17) is 0 Å². The Morgan fingerprint density at radius 2 is 1.36 bits per heavy atom. The van der Waals surface area contributed by atoms with Crippen LogP contribution in [0.4, 0.5) is 0 Å². The Labute approximate surface area is 287 Å². The van der Waals surface area contributed by atoms with E-state index in [0.717, 1.165) is 6.42 Å². The molecule has 1 atom stereocenters. The Morgan fingerprint density at radius 3 is 1.98 bits per heavy atom. The molecule has 0 saturated heterocycles. The van der Waals surface area contributed by atoms with Crippen LogP contribution in [0.5, 0.6) is 0 Å². The van der Waals surface area contributed by atoms with E-state index in [1.807, 2.05) is 6.56 Å². The smallest absolute Gasteiger partial charge is 1.00 e. The van der Waals surface area contributed by atoms with Gasteiger partial charge in [-0.3, -0.25) is 0 Å². The van der Waals surface area contributed by atoms with E-state index < -0.39 is 21.3 Å². The van der Waals surface area contributed by atoms with Crippen LogP contribution in [0, 0.1) is 11.3 Å². The van der Waals surface area contributed by atoms with Gasteiger partial charge in [-0.1, -0.05) is 0 Å². The summed E-state index contributed by atoms with van der Waals surface area (Å²) in [4.78, 5) is 0. The first kappa shape index (κ1) is 34.1. The normalized spacial score (nSPS) is 22.8. The van der Waals surface area contributed by atoms with Gasteiger partial charge in [0.05, 0.1) is 0 Å². The van der Waals surface area contributed by atoms with Crippen LogP contribution >= 0.6 is 0 Å². The van der Waals surface area contributed by atoms with Crippen LogP contribution in [0.15, 0.2) is 54.6 Å². The minimum Gasteiger partial charge on any atom is -1.00 e. The average Bonchev–Trinajstić information content (AvgIpc) is 3.59. The van der Waals surface area contributed by atoms with E-state index in [0.29, 0.717) is 11.3 Å². The topological polar surface area (TPSA) is 0 Å². The summed E-state index contributed by atoms with van der Waals surface area (Å²) >= 11 is -2.27. The van der Waals surface area contributed by atoms with Crippen molar-refractivity contribution in [1.29, 1.82) is 0 Å². The molecule has 232 valence electrons. The average molecular weight is 705 g/mol. The number of hydrogen-bond acceptors (Lipinski definition) is 0. The molecule has 0 nitrogen and oxygen atoms in total. The Bertz CT molecular complexity index is 1730. The summed E-state index contributed by atoms with van der Waals surface area (Å²) in [5.74, 6) is 0.586. The zero-order valence-corrected chi connectivity index (χ0v) is 32.6. The molecule has 5 aliphatic rings. The molecule has 1 saturated carbocycles. The molecule has 0 heterocycles. The Balaban J connectivity index is 0.00000192. The van der Waals surface area contributed by atoms with Crippen molar-refractivity contribution >= 4 is 14.4 Å². The van der Waals surface area contributed by atoms with Crippen LogP contribution in [-0.2, 0) is 38.5 Å². The fourth-order valence-corrected chi connectivity index (χ4v) is 18.1. The molecule has 0 amide bonds. The molecule has 0 aromatic heterocycles. The van der Waals surface area contributed by atoms with Crippen molar-refractivity contribution in [3.8, 4) is 11.1 Å². The molecule has 3 heteroatoms. The van der Waals surface area contributed by atoms with Crippen molar-refractivity contribution in [2.24, 2.45) is 11.3 Å².